The summed E-state index contributed by atoms with van der Waals surface area (Å²) < 4.78 is 4.96. The van der Waals surface area contributed by atoms with Gasteiger partial charge in [0.15, 0.2) is 0 Å². The number of hydrogen-bond donors (Lipinski definition) is 1. The standard InChI is InChI=1S/C9H13NO2S/c1-10-7-9(11)12-5-4-8-3-2-6-13-8/h2-3,6,10H,4-5,7H2,1H3. The Morgan fingerprint density at radius 1 is 1.69 bits per heavy atom. The minimum absolute atomic E-state index is 0.195. The molecular weight excluding hydrogens is 186 g/mol. The van der Waals surface area contributed by atoms with E-state index in [9.17, 15) is 4.79 Å². The molecule has 0 atom stereocenters. The molecule has 0 radical (unpaired) electrons. The molecule has 0 aliphatic rings. The minimum atomic E-state index is -0.195. The number of hydrogen-bond acceptors (Lipinski definition) is 4. The van der Waals surface area contributed by atoms with E-state index in [0.29, 0.717) is 6.61 Å². The maximum absolute atomic E-state index is 10.9. The van der Waals surface area contributed by atoms with Crippen molar-refractivity contribution in [2.24, 2.45) is 0 Å². The summed E-state index contributed by atoms with van der Waals surface area (Å²) in [5.41, 5.74) is 0. The van der Waals surface area contributed by atoms with E-state index in [-0.39, 0.29) is 12.5 Å². The lowest BCUT2D eigenvalue weighted by Crippen LogP contribution is -2.21. The molecule has 72 valence electrons. The molecule has 0 amide bonds. The van der Waals surface area contributed by atoms with Crippen molar-refractivity contribution in [3.05, 3.63) is 22.4 Å². The second kappa shape index (κ2) is 5.72. The summed E-state index contributed by atoms with van der Waals surface area (Å²) in [6, 6.07) is 4.03. The number of nitrogens with one attached hydrogen (secondary N) is 1. The normalized spacial score (nSPS) is 9.92. The van der Waals surface area contributed by atoms with Gasteiger partial charge in [0.1, 0.15) is 0 Å². The monoisotopic (exact) mass is 199 g/mol. The smallest absolute Gasteiger partial charge is 0.319 e. The van der Waals surface area contributed by atoms with Gasteiger partial charge in [-0.2, -0.15) is 0 Å². The van der Waals surface area contributed by atoms with E-state index >= 15 is 0 Å². The van der Waals surface area contributed by atoms with Gasteiger partial charge < -0.3 is 10.1 Å². The largest absolute Gasteiger partial charge is 0.464 e. The van der Waals surface area contributed by atoms with Crippen molar-refractivity contribution in [3.8, 4) is 0 Å². The number of esters is 1. The number of thiophene rings is 1. The van der Waals surface area contributed by atoms with E-state index in [4.69, 9.17) is 4.74 Å². The van der Waals surface area contributed by atoms with Crippen molar-refractivity contribution in [3.63, 3.8) is 0 Å². The number of carbonyl (C=O) groups is 1. The van der Waals surface area contributed by atoms with Gasteiger partial charge in [-0.15, -0.1) is 11.3 Å². The summed E-state index contributed by atoms with van der Waals surface area (Å²) in [4.78, 5) is 12.1. The second-order valence-corrected chi connectivity index (χ2v) is 3.61. The predicted octanol–water partition coefficient (Wildman–Crippen LogP) is 1.05. The van der Waals surface area contributed by atoms with Crippen molar-refractivity contribution in [1.29, 1.82) is 0 Å². The van der Waals surface area contributed by atoms with Gasteiger partial charge in [0.25, 0.3) is 0 Å². The molecule has 0 spiro atoms. The molecule has 0 saturated heterocycles. The molecule has 0 aromatic carbocycles. The van der Waals surface area contributed by atoms with Crippen LogP contribution < -0.4 is 5.32 Å². The highest BCUT2D eigenvalue weighted by Crippen LogP contribution is 2.08. The molecule has 1 N–H and O–H groups in total. The Morgan fingerprint density at radius 3 is 3.15 bits per heavy atom. The molecule has 0 aliphatic heterocycles. The summed E-state index contributed by atoms with van der Waals surface area (Å²) in [7, 11) is 1.72. The SMILES string of the molecule is CNCC(=O)OCCc1cccs1. The topological polar surface area (TPSA) is 38.3 Å². The van der Waals surface area contributed by atoms with E-state index in [0.717, 1.165) is 6.42 Å². The van der Waals surface area contributed by atoms with Gasteiger partial charge >= 0.3 is 5.97 Å². The minimum Gasteiger partial charge on any atom is -0.464 e. The molecule has 0 bridgehead atoms. The second-order valence-electron chi connectivity index (χ2n) is 2.58. The first-order chi connectivity index (χ1) is 6.33. The van der Waals surface area contributed by atoms with Crippen LogP contribution in [0.2, 0.25) is 0 Å². The van der Waals surface area contributed by atoms with Crippen LogP contribution in [0.5, 0.6) is 0 Å². The molecule has 3 nitrogen and oxygen atoms in total. The molecular formula is C9H13NO2S. The molecule has 0 saturated carbocycles. The van der Waals surface area contributed by atoms with E-state index in [1.165, 1.54) is 4.88 Å². The number of rotatable bonds is 5. The van der Waals surface area contributed by atoms with Gasteiger partial charge in [0.2, 0.25) is 0 Å². The lowest BCUT2D eigenvalue weighted by atomic mass is 10.4. The maximum atomic E-state index is 10.9. The average molecular weight is 199 g/mol. The number of carbonyl (C=O) groups excluding carboxylic acids is 1. The van der Waals surface area contributed by atoms with Crippen LogP contribution in [-0.2, 0) is 16.0 Å². The highest BCUT2D eigenvalue weighted by Gasteiger charge is 2.00. The molecule has 4 heteroatoms. The van der Waals surface area contributed by atoms with E-state index in [2.05, 4.69) is 5.32 Å². The lowest BCUT2D eigenvalue weighted by Gasteiger charge is -2.02. The molecule has 13 heavy (non-hydrogen) atoms. The highest BCUT2D eigenvalue weighted by molar-refractivity contribution is 7.09. The summed E-state index contributed by atoms with van der Waals surface area (Å²) >= 11 is 1.68. The zero-order chi connectivity index (χ0) is 9.52. The van der Waals surface area contributed by atoms with Crippen molar-refractivity contribution in [1.82, 2.24) is 5.32 Å². The van der Waals surface area contributed by atoms with Gasteiger partial charge in [-0.3, -0.25) is 4.79 Å². The molecule has 0 aliphatic carbocycles. The summed E-state index contributed by atoms with van der Waals surface area (Å²) in [5.74, 6) is -0.195. The molecule has 1 aromatic heterocycles. The quantitative estimate of drug-likeness (QED) is 0.720. The third-order valence-corrected chi connectivity index (χ3v) is 2.45. The van der Waals surface area contributed by atoms with Crippen molar-refractivity contribution >= 4 is 17.3 Å². The van der Waals surface area contributed by atoms with Gasteiger partial charge in [-0.05, 0) is 18.5 Å². The Balaban J connectivity index is 2.11. The fourth-order valence-electron chi connectivity index (χ4n) is 0.916. The Labute approximate surface area is 81.7 Å². The van der Waals surface area contributed by atoms with Gasteiger partial charge in [0, 0.05) is 11.3 Å². The maximum Gasteiger partial charge on any atom is 0.319 e. The fraction of sp³-hybridized carbons (Fsp3) is 0.444. The Hall–Kier alpha value is -0.870. The third-order valence-electron chi connectivity index (χ3n) is 1.51. The van der Waals surface area contributed by atoms with Crippen molar-refractivity contribution in [2.75, 3.05) is 20.2 Å². The molecule has 0 unspecified atom stereocenters. The first-order valence-corrected chi connectivity index (χ1v) is 5.03. The summed E-state index contributed by atoms with van der Waals surface area (Å²) in [6.07, 6.45) is 0.813. The fourth-order valence-corrected chi connectivity index (χ4v) is 1.61. The van der Waals surface area contributed by atoms with E-state index < -0.39 is 0 Å². The van der Waals surface area contributed by atoms with Crippen LogP contribution in [0.4, 0.5) is 0 Å². The number of ether oxygens (including phenoxy) is 1. The van der Waals surface area contributed by atoms with Crippen LogP contribution in [0.25, 0.3) is 0 Å². The Morgan fingerprint density at radius 2 is 2.54 bits per heavy atom. The van der Waals surface area contributed by atoms with E-state index in [1.807, 2.05) is 17.5 Å². The predicted molar refractivity (Wildman–Crippen MR) is 52.9 cm³/mol. The van der Waals surface area contributed by atoms with E-state index in [1.54, 1.807) is 18.4 Å². The average Bonchev–Trinajstić information content (AvgIpc) is 2.57. The highest BCUT2D eigenvalue weighted by atomic mass is 32.1. The molecule has 1 heterocycles. The zero-order valence-corrected chi connectivity index (χ0v) is 8.39. The first-order valence-electron chi connectivity index (χ1n) is 4.15. The Kier molecular flexibility index (Phi) is 4.49. The van der Waals surface area contributed by atoms with Gasteiger partial charge in [0.05, 0.1) is 13.2 Å². The van der Waals surface area contributed by atoms with Crippen molar-refractivity contribution < 1.29 is 9.53 Å². The molecule has 1 rings (SSSR count). The van der Waals surface area contributed by atoms with Crippen LogP contribution in [0.1, 0.15) is 4.88 Å². The van der Waals surface area contributed by atoms with Crippen molar-refractivity contribution in [2.45, 2.75) is 6.42 Å². The van der Waals surface area contributed by atoms with Crippen LogP contribution in [0.15, 0.2) is 17.5 Å². The molecule has 0 fully saturated rings. The van der Waals surface area contributed by atoms with Gasteiger partial charge in [-0.1, -0.05) is 6.07 Å². The third kappa shape index (κ3) is 4.05. The summed E-state index contributed by atoms with van der Waals surface area (Å²) in [5, 5.41) is 4.76. The molecule has 1 aromatic rings. The van der Waals surface area contributed by atoms with Gasteiger partial charge in [-0.25, -0.2) is 0 Å². The van der Waals surface area contributed by atoms with Crippen LogP contribution >= 0.6 is 11.3 Å². The summed E-state index contributed by atoms with van der Waals surface area (Å²) in [6.45, 7) is 0.755. The van der Waals surface area contributed by atoms with Crippen LogP contribution in [-0.4, -0.2) is 26.2 Å². The Bertz CT molecular complexity index is 246. The van der Waals surface area contributed by atoms with Crippen LogP contribution in [0, 0.1) is 0 Å². The first kappa shape index (κ1) is 10.2. The number of likely N-dealkylation sites (N-methyl/N-ethyl adjacent to an activating group) is 1. The lowest BCUT2D eigenvalue weighted by molar-refractivity contribution is -0.142. The van der Waals surface area contributed by atoms with Crippen LogP contribution in [0.3, 0.4) is 0 Å². The zero-order valence-electron chi connectivity index (χ0n) is 7.58.